The largest absolute Gasteiger partial charge is 0.507 e. The lowest BCUT2D eigenvalue weighted by molar-refractivity contribution is 0.422. The van der Waals surface area contributed by atoms with Gasteiger partial charge in [0.25, 0.3) is 0 Å². The van der Waals surface area contributed by atoms with Crippen LogP contribution in [0, 0.1) is 6.92 Å². The molecule has 2 rings (SSSR count). The molecule has 0 spiro atoms. The van der Waals surface area contributed by atoms with Crippen molar-refractivity contribution < 1.29 is 9.52 Å². The van der Waals surface area contributed by atoms with E-state index in [2.05, 4.69) is 79.8 Å². The fourth-order valence-corrected chi connectivity index (χ4v) is 7.03. The van der Waals surface area contributed by atoms with Gasteiger partial charge in [-0.25, -0.2) is 0 Å². The van der Waals surface area contributed by atoms with Gasteiger partial charge in [-0.15, -0.1) is 11.8 Å². The van der Waals surface area contributed by atoms with E-state index in [9.17, 15) is 5.11 Å². The zero-order valence-electron chi connectivity index (χ0n) is 17.8. The molecule has 0 amide bonds. The summed E-state index contributed by atoms with van der Waals surface area (Å²) in [7, 11) is -1.65. The summed E-state index contributed by atoms with van der Waals surface area (Å²) >= 11 is 1.89. The highest BCUT2D eigenvalue weighted by atomic mass is 32.2. The van der Waals surface area contributed by atoms with Crippen molar-refractivity contribution in [3.8, 4) is 5.75 Å². The zero-order valence-corrected chi connectivity index (χ0v) is 19.6. The van der Waals surface area contributed by atoms with Gasteiger partial charge in [0.2, 0.25) is 0 Å². The maximum atomic E-state index is 10.9. The van der Waals surface area contributed by atoms with Crippen LogP contribution in [0.1, 0.15) is 58.2 Å². The molecule has 1 N–H and O–H groups in total. The molecule has 4 heteroatoms. The predicted molar refractivity (Wildman–Crippen MR) is 117 cm³/mol. The molecule has 2 nitrogen and oxygen atoms in total. The molecule has 0 aliphatic heterocycles. The molecular weight excluding hydrogens is 356 g/mol. The van der Waals surface area contributed by atoms with E-state index >= 15 is 0 Å². The van der Waals surface area contributed by atoms with Crippen LogP contribution in [0.15, 0.2) is 33.8 Å². The van der Waals surface area contributed by atoms with Crippen molar-refractivity contribution in [1.29, 1.82) is 0 Å². The van der Waals surface area contributed by atoms with Gasteiger partial charge in [-0.3, -0.25) is 0 Å². The molecule has 0 fully saturated rings. The molecule has 0 aliphatic carbocycles. The summed E-state index contributed by atoms with van der Waals surface area (Å²) in [6, 6.07) is 6.53. The van der Waals surface area contributed by atoms with Crippen molar-refractivity contribution in [1.82, 2.24) is 0 Å². The fourth-order valence-electron chi connectivity index (χ4n) is 2.96. The van der Waals surface area contributed by atoms with Crippen LogP contribution in [-0.4, -0.2) is 18.6 Å². The Morgan fingerprint density at radius 3 is 1.85 bits per heavy atom. The minimum atomic E-state index is -1.65. The topological polar surface area (TPSA) is 33.4 Å². The van der Waals surface area contributed by atoms with Gasteiger partial charge in [-0.2, -0.15) is 0 Å². The second-order valence-corrected chi connectivity index (χ2v) is 16.2. The van der Waals surface area contributed by atoms with Crippen molar-refractivity contribution in [2.24, 2.45) is 0 Å². The normalized spacial score (nSPS) is 13.3. The van der Waals surface area contributed by atoms with Gasteiger partial charge in [0.05, 0.1) is 11.6 Å². The zero-order chi connectivity index (χ0) is 19.9. The number of aryl methyl sites for hydroxylation is 1. The predicted octanol–water partition coefficient (Wildman–Crippen LogP) is 6.14. The number of hydrogen-bond acceptors (Lipinski definition) is 3. The van der Waals surface area contributed by atoms with E-state index in [1.807, 2.05) is 18.0 Å². The Bertz CT molecular complexity index is 741. The third-order valence-corrected chi connectivity index (χ3v) is 10.3. The van der Waals surface area contributed by atoms with Crippen LogP contribution < -0.4 is 5.38 Å². The highest BCUT2D eigenvalue weighted by Gasteiger charge is 2.30. The van der Waals surface area contributed by atoms with Crippen LogP contribution in [0.5, 0.6) is 5.75 Å². The lowest BCUT2D eigenvalue weighted by Gasteiger charge is -2.28. The van der Waals surface area contributed by atoms with Gasteiger partial charge in [0.15, 0.2) is 0 Å². The molecular formula is C22H34O2SSi. The quantitative estimate of drug-likeness (QED) is 0.503. The molecule has 1 aromatic heterocycles. The lowest BCUT2D eigenvalue weighted by atomic mass is 9.79. The Morgan fingerprint density at radius 2 is 1.46 bits per heavy atom. The first-order valence-corrected chi connectivity index (χ1v) is 13.5. The van der Waals surface area contributed by atoms with E-state index < -0.39 is 8.07 Å². The third-order valence-electron chi connectivity index (χ3n) is 4.70. The number of hydrogen-bond donors (Lipinski definition) is 1. The standard InChI is InChI=1S/C22H34O2SSi/c1-15-10-19(24-13-15)26(8,9)14-25-16-11-17(21(2,3)4)20(23)18(12-16)22(5,6)7/h10-13,23H,14H2,1-9H3. The Labute approximate surface area is 164 Å². The summed E-state index contributed by atoms with van der Waals surface area (Å²) in [6.07, 6.45) is 1.85. The second-order valence-electron chi connectivity index (χ2n) is 10.0. The average Bonchev–Trinajstić information content (AvgIpc) is 2.91. The molecule has 0 aliphatic rings. The van der Waals surface area contributed by atoms with Gasteiger partial charge in [0, 0.05) is 21.4 Å². The lowest BCUT2D eigenvalue weighted by Crippen LogP contribution is -2.43. The van der Waals surface area contributed by atoms with Crippen LogP contribution in [0.2, 0.25) is 13.1 Å². The summed E-state index contributed by atoms with van der Waals surface area (Å²) < 4.78 is 5.80. The number of aromatic hydroxyl groups is 1. The Kier molecular flexibility index (Phi) is 5.80. The van der Waals surface area contributed by atoms with Gasteiger partial charge < -0.3 is 9.52 Å². The second kappa shape index (κ2) is 7.12. The van der Waals surface area contributed by atoms with Crippen LogP contribution in [0.25, 0.3) is 0 Å². The van der Waals surface area contributed by atoms with Gasteiger partial charge in [-0.1, -0.05) is 54.6 Å². The van der Waals surface area contributed by atoms with E-state index in [-0.39, 0.29) is 10.8 Å². The number of rotatable bonds is 4. The van der Waals surface area contributed by atoms with E-state index in [1.54, 1.807) is 0 Å². The van der Waals surface area contributed by atoms with E-state index in [4.69, 9.17) is 4.42 Å². The van der Waals surface area contributed by atoms with Crippen molar-refractivity contribution in [3.63, 3.8) is 0 Å². The SMILES string of the molecule is Cc1coc([Si](C)(C)CSc2cc(C(C)(C)C)c(O)c(C(C)(C)C)c2)c1. The molecule has 0 unspecified atom stereocenters. The summed E-state index contributed by atoms with van der Waals surface area (Å²) in [4.78, 5) is 1.24. The van der Waals surface area contributed by atoms with E-state index in [0.717, 1.165) is 21.9 Å². The third kappa shape index (κ3) is 4.77. The molecule has 1 heterocycles. The highest BCUT2D eigenvalue weighted by molar-refractivity contribution is 8.01. The fraction of sp³-hybridized carbons (Fsp3) is 0.545. The van der Waals surface area contributed by atoms with Crippen LogP contribution in [0.4, 0.5) is 0 Å². The van der Waals surface area contributed by atoms with Crippen molar-refractivity contribution in [2.75, 3.05) is 5.38 Å². The number of benzene rings is 1. The molecule has 26 heavy (non-hydrogen) atoms. The Balaban J connectivity index is 2.37. The molecule has 0 saturated carbocycles. The molecule has 0 atom stereocenters. The highest BCUT2D eigenvalue weighted by Crippen LogP contribution is 2.42. The van der Waals surface area contributed by atoms with Gasteiger partial charge in [0.1, 0.15) is 13.8 Å². The number of furan rings is 1. The smallest absolute Gasteiger partial charge is 0.136 e. The van der Waals surface area contributed by atoms with Crippen LogP contribution in [0.3, 0.4) is 0 Å². The molecule has 2 aromatic rings. The van der Waals surface area contributed by atoms with Crippen molar-refractivity contribution in [2.45, 2.75) is 77.3 Å². The summed E-state index contributed by atoms with van der Waals surface area (Å²) in [5, 5.41) is 13.1. The van der Waals surface area contributed by atoms with Gasteiger partial charge in [-0.05, 0) is 41.5 Å². The monoisotopic (exact) mass is 390 g/mol. The van der Waals surface area contributed by atoms with Crippen molar-refractivity contribution in [3.05, 3.63) is 41.2 Å². The maximum absolute atomic E-state index is 10.9. The summed E-state index contributed by atoms with van der Waals surface area (Å²) in [5.41, 5.74) is 3.07. The number of phenols is 1. The van der Waals surface area contributed by atoms with E-state index in [0.29, 0.717) is 5.75 Å². The Hall–Kier alpha value is -1.13. The molecule has 1 aromatic carbocycles. The van der Waals surface area contributed by atoms with Crippen LogP contribution in [-0.2, 0) is 10.8 Å². The first kappa shape index (κ1) is 21.2. The molecule has 0 saturated heterocycles. The van der Waals surface area contributed by atoms with Crippen LogP contribution >= 0.6 is 11.8 Å². The first-order valence-electron chi connectivity index (χ1n) is 9.28. The Morgan fingerprint density at radius 1 is 0.962 bits per heavy atom. The minimum absolute atomic E-state index is 0.0915. The first-order chi connectivity index (χ1) is 11.7. The minimum Gasteiger partial charge on any atom is -0.507 e. The summed E-state index contributed by atoms with van der Waals surface area (Å²) in [5.74, 6) is 0.451. The van der Waals surface area contributed by atoms with Gasteiger partial charge >= 0.3 is 0 Å². The average molecular weight is 391 g/mol. The molecule has 0 radical (unpaired) electrons. The molecule has 144 valence electrons. The maximum Gasteiger partial charge on any atom is 0.136 e. The van der Waals surface area contributed by atoms with E-state index in [1.165, 1.54) is 10.5 Å². The van der Waals surface area contributed by atoms with Crippen molar-refractivity contribution >= 4 is 25.2 Å². The number of thioether (sulfide) groups is 1. The number of phenolic OH excluding ortho intramolecular Hbond substituents is 1. The summed E-state index contributed by atoms with van der Waals surface area (Å²) in [6.45, 7) is 19.7. The molecule has 0 bridgehead atoms.